The van der Waals surface area contributed by atoms with Gasteiger partial charge in [0.25, 0.3) is 0 Å². The summed E-state index contributed by atoms with van der Waals surface area (Å²) in [6.07, 6.45) is 95.3. The van der Waals surface area contributed by atoms with Gasteiger partial charge in [-0.05, 0) is 128 Å². The van der Waals surface area contributed by atoms with Crippen LogP contribution in [0, 0.1) is 0 Å². The van der Waals surface area contributed by atoms with E-state index in [2.05, 4.69) is 130 Å². The van der Waals surface area contributed by atoms with Gasteiger partial charge in [-0.3, -0.25) is 14.4 Å². The van der Waals surface area contributed by atoms with Crippen LogP contribution in [0.25, 0.3) is 0 Å². The Morgan fingerprint density at radius 3 is 0.768 bits per heavy atom. The highest BCUT2D eigenvalue weighted by Gasteiger charge is 2.19. The molecule has 82 heavy (non-hydrogen) atoms. The SMILES string of the molecule is CC/C=C\C/C=C\C/C=C\C/C=C\CCCCCCCCCCCCCCCCC(=O)OCC(COC(=O)CCCCCCCCC/C=C\C/C=C\CCCCCC)OC(=O)CCCCCCCC/C=C\C/C=C\C/C=C\CCCCC. The third-order valence-corrected chi connectivity index (χ3v) is 15.0. The molecular formula is C76H130O6. The molecule has 0 bridgehead atoms. The van der Waals surface area contributed by atoms with Crippen molar-refractivity contribution >= 4 is 17.9 Å². The number of unbranched alkanes of at least 4 members (excludes halogenated alkanes) is 34. The van der Waals surface area contributed by atoms with Crippen molar-refractivity contribution in [2.45, 2.75) is 341 Å². The van der Waals surface area contributed by atoms with Gasteiger partial charge < -0.3 is 14.2 Å². The lowest BCUT2D eigenvalue weighted by atomic mass is 10.0. The predicted molar refractivity (Wildman–Crippen MR) is 357 cm³/mol. The van der Waals surface area contributed by atoms with Gasteiger partial charge in [-0.25, -0.2) is 0 Å². The number of rotatable bonds is 63. The fourth-order valence-corrected chi connectivity index (χ4v) is 9.77. The maximum Gasteiger partial charge on any atom is 0.306 e. The van der Waals surface area contributed by atoms with Crippen LogP contribution >= 0.6 is 0 Å². The lowest BCUT2D eigenvalue weighted by Gasteiger charge is -2.18. The largest absolute Gasteiger partial charge is 0.462 e. The Hall–Kier alpha value is -3.93. The summed E-state index contributed by atoms with van der Waals surface area (Å²) < 4.78 is 17.0. The monoisotopic (exact) mass is 1140 g/mol. The van der Waals surface area contributed by atoms with E-state index >= 15 is 0 Å². The molecule has 0 fully saturated rings. The topological polar surface area (TPSA) is 78.9 Å². The minimum absolute atomic E-state index is 0.0855. The molecule has 0 amide bonds. The first kappa shape index (κ1) is 78.1. The quantitative estimate of drug-likeness (QED) is 0.0261. The van der Waals surface area contributed by atoms with Gasteiger partial charge >= 0.3 is 17.9 Å². The second-order valence-corrected chi connectivity index (χ2v) is 23.1. The van der Waals surface area contributed by atoms with Crippen molar-refractivity contribution in [1.82, 2.24) is 0 Å². The smallest absolute Gasteiger partial charge is 0.306 e. The molecule has 0 N–H and O–H groups in total. The molecule has 1 unspecified atom stereocenters. The van der Waals surface area contributed by atoms with E-state index in [0.29, 0.717) is 19.3 Å². The lowest BCUT2D eigenvalue weighted by Crippen LogP contribution is -2.30. The van der Waals surface area contributed by atoms with Gasteiger partial charge in [0.1, 0.15) is 13.2 Å². The van der Waals surface area contributed by atoms with Gasteiger partial charge in [0.2, 0.25) is 0 Å². The molecule has 470 valence electrons. The van der Waals surface area contributed by atoms with E-state index < -0.39 is 6.10 Å². The second kappa shape index (κ2) is 69.6. The highest BCUT2D eigenvalue weighted by Crippen LogP contribution is 2.17. The molecular weight excluding hydrogens is 1010 g/mol. The molecule has 0 aromatic carbocycles. The molecule has 0 saturated carbocycles. The molecule has 1 atom stereocenters. The van der Waals surface area contributed by atoms with Gasteiger partial charge in [0, 0.05) is 19.3 Å². The number of allylic oxidation sites excluding steroid dienone is 18. The Labute approximate surface area is 508 Å². The zero-order valence-electron chi connectivity index (χ0n) is 54.0. The molecule has 0 aliphatic carbocycles. The summed E-state index contributed by atoms with van der Waals surface area (Å²) in [4.78, 5) is 38.5. The van der Waals surface area contributed by atoms with Crippen LogP contribution in [0.5, 0.6) is 0 Å². The van der Waals surface area contributed by atoms with Crippen molar-refractivity contribution in [3.05, 3.63) is 109 Å². The molecule has 6 heteroatoms. The fraction of sp³-hybridized carbons (Fsp3) is 0.724. The van der Waals surface area contributed by atoms with Crippen molar-refractivity contribution in [2.75, 3.05) is 13.2 Å². The van der Waals surface area contributed by atoms with E-state index in [1.54, 1.807) is 0 Å². The van der Waals surface area contributed by atoms with Crippen molar-refractivity contribution in [1.29, 1.82) is 0 Å². The maximum atomic E-state index is 13.0. The van der Waals surface area contributed by atoms with Crippen molar-refractivity contribution in [2.24, 2.45) is 0 Å². The zero-order chi connectivity index (χ0) is 59.2. The fourth-order valence-electron chi connectivity index (χ4n) is 9.77. The summed E-state index contributed by atoms with van der Waals surface area (Å²) >= 11 is 0. The molecule has 0 radical (unpaired) electrons. The number of esters is 3. The number of hydrogen-bond donors (Lipinski definition) is 0. The third kappa shape index (κ3) is 66.9. The van der Waals surface area contributed by atoms with Crippen LogP contribution in [0.2, 0.25) is 0 Å². The Kier molecular flexibility index (Phi) is 66.2. The third-order valence-electron chi connectivity index (χ3n) is 15.0. The van der Waals surface area contributed by atoms with E-state index in [9.17, 15) is 14.4 Å². The number of carbonyl (C=O) groups is 3. The van der Waals surface area contributed by atoms with Crippen molar-refractivity contribution in [3.8, 4) is 0 Å². The zero-order valence-corrected chi connectivity index (χ0v) is 54.0. The van der Waals surface area contributed by atoms with E-state index in [4.69, 9.17) is 14.2 Å². The normalized spacial score (nSPS) is 12.8. The average Bonchev–Trinajstić information content (AvgIpc) is 3.47. The molecule has 0 aliphatic heterocycles. The van der Waals surface area contributed by atoms with Gasteiger partial charge in [-0.1, -0.05) is 297 Å². The summed E-state index contributed by atoms with van der Waals surface area (Å²) in [6.45, 7) is 6.50. The first-order valence-electron chi connectivity index (χ1n) is 34.9. The van der Waals surface area contributed by atoms with Gasteiger partial charge in [-0.15, -0.1) is 0 Å². The molecule has 0 aromatic rings. The van der Waals surface area contributed by atoms with Gasteiger partial charge in [-0.2, -0.15) is 0 Å². The van der Waals surface area contributed by atoms with Crippen molar-refractivity contribution < 1.29 is 28.6 Å². The van der Waals surface area contributed by atoms with Crippen LogP contribution < -0.4 is 0 Å². The summed E-state index contributed by atoms with van der Waals surface area (Å²) in [6, 6.07) is 0. The molecule has 0 saturated heterocycles. The van der Waals surface area contributed by atoms with Crippen LogP contribution in [0.1, 0.15) is 335 Å². The number of carbonyl (C=O) groups excluding carboxylic acids is 3. The first-order valence-corrected chi connectivity index (χ1v) is 34.9. The predicted octanol–water partition coefficient (Wildman–Crippen LogP) is 24.2. The molecule has 0 rings (SSSR count). The van der Waals surface area contributed by atoms with E-state index in [0.717, 1.165) is 122 Å². The molecule has 0 aromatic heterocycles. The Morgan fingerprint density at radius 2 is 0.476 bits per heavy atom. The lowest BCUT2D eigenvalue weighted by molar-refractivity contribution is -0.167. The van der Waals surface area contributed by atoms with Crippen molar-refractivity contribution in [3.63, 3.8) is 0 Å². The second-order valence-electron chi connectivity index (χ2n) is 23.1. The minimum atomic E-state index is -0.792. The van der Waals surface area contributed by atoms with Gasteiger partial charge in [0.15, 0.2) is 6.10 Å². The minimum Gasteiger partial charge on any atom is -0.462 e. The molecule has 6 nitrogen and oxygen atoms in total. The first-order chi connectivity index (χ1) is 40.5. The van der Waals surface area contributed by atoms with E-state index in [-0.39, 0.29) is 31.1 Å². The highest BCUT2D eigenvalue weighted by atomic mass is 16.6. The average molecular weight is 1140 g/mol. The van der Waals surface area contributed by atoms with Crippen LogP contribution in [0.4, 0.5) is 0 Å². The van der Waals surface area contributed by atoms with Crippen LogP contribution in [-0.4, -0.2) is 37.2 Å². The summed E-state index contributed by atoms with van der Waals surface area (Å²) in [5.41, 5.74) is 0. The maximum absolute atomic E-state index is 13.0. The summed E-state index contributed by atoms with van der Waals surface area (Å²) in [5, 5.41) is 0. The highest BCUT2D eigenvalue weighted by molar-refractivity contribution is 5.71. The Bertz CT molecular complexity index is 1640. The summed E-state index contributed by atoms with van der Waals surface area (Å²) in [5.74, 6) is -0.893. The number of ether oxygens (including phenoxy) is 3. The van der Waals surface area contributed by atoms with Crippen LogP contribution in [0.15, 0.2) is 109 Å². The van der Waals surface area contributed by atoms with Crippen LogP contribution in [-0.2, 0) is 28.6 Å². The standard InChI is InChI=1S/C76H130O6/c1-4-7-10-13-16-19-22-25-28-31-34-35-36-37-38-39-40-41-43-45-48-51-54-57-60-63-66-69-75(78)81-72-73(71-80-74(77)68-65-62-59-56-53-50-47-44-33-30-27-24-21-18-15-12-9-6-3)82-76(79)70-67-64-61-58-55-52-49-46-42-32-29-26-23-20-17-14-11-8-5-2/h7,10,16-17,19-21,24-26,28-30,33-35,42,46,73H,4-6,8-9,11-15,18,22-23,27,31-32,36-41,43-45,47-72H2,1-3H3/b10-7-,19-16-,20-17-,24-21-,28-25-,29-26-,33-30-,35-34-,46-42-. The van der Waals surface area contributed by atoms with E-state index in [1.807, 2.05) is 0 Å². The Morgan fingerprint density at radius 1 is 0.256 bits per heavy atom. The molecule has 0 heterocycles. The molecule has 0 spiro atoms. The summed E-state index contributed by atoms with van der Waals surface area (Å²) in [7, 11) is 0. The van der Waals surface area contributed by atoms with Crippen LogP contribution in [0.3, 0.4) is 0 Å². The number of hydrogen-bond acceptors (Lipinski definition) is 6. The molecule has 0 aliphatic rings. The Balaban J connectivity index is 4.36. The van der Waals surface area contributed by atoms with Gasteiger partial charge in [0.05, 0.1) is 0 Å². The van der Waals surface area contributed by atoms with E-state index in [1.165, 1.54) is 173 Å².